The van der Waals surface area contributed by atoms with Gasteiger partial charge in [0.1, 0.15) is 0 Å². The monoisotopic (exact) mass is 378 g/mol. The number of carbonyl (C=O) groups is 1. The second-order valence-corrected chi connectivity index (χ2v) is 8.29. The molecule has 0 saturated carbocycles. The highest BCUT2D eigenvalue weighted by Gasteiger charge is 2.35. The van der Waals surface area contributed by atoms with Crippen LogP contribution in [-0.2, 0) is 0 Å². The summed E-state index contributed by atoms with van der Waals surface area (Å²) in [5.41, 5.74) is 7.19. The number of amides is 1. The molecular weight excluding hydrogens is 352 g/mol. The van der Waals surface area contributed by atoms with E-state index in [2.05, 4.69) is 58.1 Å². The van der Waals surface area contributed by atoms with Crippen molar-refractivity contribution in [3.63, 3.8) is 0 Å². The molecule has 27 heavy (non-hydrogen) atoms. The first-order chi connectivity index (χ1) is 12.6. The first-order valence-electron chi connectivity index (χ1n) is 9.13. The summed E-state index contributed by atoms with van der Waals surface area (Å²) < 4.78 is 0. The highest BCUT2D eigenvalue weighted by atomic mass is 32.1. The lowest BCUT2D eigenvalue weighted by atomic mass is 9.87. The van der Waals surface area contributed by atoms with Gasteiger partial charge in [-0.3, -0.25) is 10.1 Å². The van der Waals surface area contributed by atoms with E-state index in [1.807, 2.05) is 30.0 Å². The van der Waals surface area contributed by atoms with Gasteiger partial charge in [-0.25, -0.2) is 0 Å². The molecule has 0 atom stereocenters. The first-order valence-corrected chi connectivity index (χ1v) is 9.54. The van der Waals surface area contributed by atoms with Crippen molar-refractivity contribution in [2.75, 3.05) is 4.90 Å². The van der Waals surface area contributed by atoms with E-state index in [1.165, 1.54) is 16.7 Å². The minimum atomic E-state index is -0.338. The third-order valence-electron chi connectivity index (χ3n) is 5.13. The Balaban J connectivity index is 1.99. The van der Waals surface area contributed by atoms with Gasteiger partial charge < -0.3 is 4.90 Å². The molecule has 2 aromatic carbocycles. The predicted molar refractivity (Wildman–Crippen MR) is 117 cm³/mol. The van der Waals surface area contributed by atoms with E-state index in [-0.39, 0.29) is 11.4 Å². The van der Waals surface area contributed by atoms with Crippen LogP contribution in [0.3, 0.4) is 0 Å². The molecule has 1 heterocycles. The van der Waals surface area contributed by atoms with Gasteiger partial charge in [0.15, 0.2) is 5.11 Å². The van der Waals surface area contributed by atoms with E-state index in [9.17, 15) is 4.79 Å². The number of thiocarbonyl (C=S) groups is 1. The van der Waals surface area contributed by atoms with Crippen molar-refractivity contribution in [3.05, 3.63) is 70.3 Å². The van der Waals surface area contributed by atoms with Crippen molar-refractivity contribution in [2.24, 2.45) is 0 Å². The van der Waals surface area contributed by atoms with E-state index in [0.29, 0.717) is 10.7 Å². The van der Waals surface area contributed by atoms with Crippen LogP contribution in [-0.4, -0.2) is 16.6 Å². The quantitative estimate of drug-likeness (QED) is 0.681. The zero-order chi connectivity index (χ0) is 19.9. The lowest BCUT2D eigenvalue weighted by Crippen LogP contribution is -2.54. The van der Waals surface area contributed by atoms with E-state index in [1.54, 1.807) is 6.07 Å². The summed E-state index contributed by atoms with van der Waals surface area (Å²) in [6.45, 7) is 12.5. The van der Waals surface area contributed by atoms with Crippen LogP contribution in [0.5, 0.6) is 0 Å². The fourth-order valence-electron chi connectivity index (χ4n) is 3.67. The van der Waals surface area contributed by atoms with E-state index in [4.69, 9.17) is 12.2 Å². The van der Waals surface area contributed by atoms with E-state index >= 15 is 0 Å². The Morgan fingerprint density at radius 2 is 1.70 bits per heavy atom. The largest absolute Gasteiger partial charge is 0.309 e. The van der Waals surface area contributed by atoms with Crippen LogP contribution in [0.2, 0.25) is 0 Å². The van der Waals surface area contributed by atoms with Gasteiger partial charge in [-0.1, -0.05) is 23.8 Å². The van der Waals surface area contributed by atoms with Gasteiger partial charge in [0.05, 0.1) is 11.2 Å². The average molecular weight is 379 g/mol. The number of hydrogen-bond acceptors (Lipinski definition) is 2. The molecular formula is C23H26N2OS. The van der Waals surface area contributed by atoms with Gasteiger partial charge in [0, 0.05) is 11.1 Å². The summed E-state index contributed by atoms with van der Waals surface area (Å²) >= 11 is 5.69. The summed E-state index contributed by atoms with van der Waals surface area (Å²) in [5, 5.41) is 3.34. The Morgan fingerprint density at radius 3 is 2.37 bits per heavy atom. The fourth-order valence-corrected chi connectivity index (χ4v) is 4.09. The van der Waals surface area contributed by atoms with Gasteiger partial charge in [-0.05, 0) is 94.7 Å². The molecule has 0 bridgehead atoms. The molecule has 0 unspecified atom stereocenters. The molecule has 0 spiro atoms. The third-order valence-corrected chi connectivity index (χ3v) is 5.41. The SMILES string of the molecule is CC1=CC(C)(C)N(C(=S)NC(=O)c2cccc(C)c2)c2cc(C)c(C)cc21. The third kappa shape index (κ3) is 3.67. The lowest BCUT2D eigenvalue weighted by molar-refractivity contribution is 0.0977. The molecule has 1 aliphatic rings. The van der Waals surface area contributed by atoms with E-state index in [0.717, 1.165) is 16.8 Å². The van der Waals surface area contributed by atoms with Crippen LogP contribution in [0.15, 0.2) is 42.5 Å². The number of benzene rings is 2. The topological polar surface area (TPSA) is 32.3 Å². The Labute approximate surface area is 167 Å². The second-order valence-electron chi connectivity index (χ2n) is 7.90. The Morgan fingerprint density at radius 1 is 1.04 bits per heavy atom. The number of hydrogen-bond donors (Lipinski definition) is 1. The molecule has 140 valence electrons. The molecule has 3 rings (SSSR count). The van der Waals surface area contributed by atoms with Crippen LogP contribution >= 0.6 is 12.2 Å². The number of fused-ring (bicyclic) bond motifs is 1. The number of nitrogens with one attached hydrogen (secondary N) is 1. The summed E-state index contributed by atoms with van der Waals surface area (Å²) in [5.74, 6) is -0.184. The standard InChI is InChI=1S/C23H26N2OS/c1-14-8-7-9-18(10-14)21(26)24-22(27)25-20-12-16(3)15(2)11-19(20)17(4)13-23(25,5)6/h7-13H,1-6H3,(H,24,26,27). The maximum atomic E-state index is 12.7. The van der Waals surface area contributed by atoms with Gasteiger partial charge >= 0.3 is 0 Å². The molecule has 0 radical (unpaired) electrons. The Bertz CT molecular complexity index is 972. The van der Waals surface area contributed by atoms with Crippen LogP contribution in [0.1, 0.15) is 53.4 Å². The number of aryl methyl sites for hydroxylation is 3. The Kier molecular flexibility index (Phi) is 4.96. The molecule has 1 N–H and O–H groups in total. The average Bonchev–Trinajstić information content (AvgIpc) is 2.56. The maximum absolute atomic E-state index is 12.7. The van der Waals surface area contributed by atoms with Gasteiger partial charge in [-0.15, -0.1) is 0 Å². The highest BCUT2D eigenvalue weighted by molar-refractivity contribution is 7.80. The zero-order valence-electron chi connectivity index (χ0n) is 16.8. The van der Waals surface area contributed by atoms with Crippen molar-refractivity contribution >= 4 is 34.5 Å². The molecule has 0 aromatic heterocycles. The minimum Gasteiger partial charge on any atom is -0.309 e. The van der Waals surface area contributed by atoms with Crippen LogP contribution in [0.4, 0.5) is 5.69 Å². The van der Waals surface area contributed by atoms with Gasteiger partial charge in [-0.2, -0.15) is 0 Å². The molecule has 0 aliphatic carbocycles. The molecule has 0 saturated heterocycles. The summed E-state index contributed by atoms with van der Waals surface area (Å²) in [6, 6.07) is 11.9. The minimum absolute atomic E-state index is 0.184. The highest BCUT2D eigenvalue weighted by Crippen LogP contribution is 2.40. The smallest absolute Gasteiger partial charge is 0.257 e. The second kappa shape index (κ2) is 6.93. The van der Waals surface area contributed by atoms with Gasteiger partial charge in [0.2, 0.25) is 0 Å². The maximum Gasteiger partial charge on any atom is 0.257 e. The van der Waals surface area contributed by atoms with Crippen molar-refractivity contribution < 1.29 is 4.79 Å². The predicted octanol–water partition coefficient (Wildman–Crippen LogP) is 5.33. The van der Waals surface area contributed by atoms with Crippen LogP contribution in [0, 0.1) is 20.8 Å². The summed E-state index contributed by atoms with van der Waals surface area (Å²) in [7, 11) is 0. The van der Waals surface area contributed by atoms with Crippen molar-refractivity contribution in [1.29, 1.82) is 0 Å². The summed E-state index contributed by atoms with van der Waals surface area (Å²) in [4.78, 5) is 14.8. The zero-order valence-corrected chi connectivity index (χ0v) is 17.6. The molecule has 1 amide bonds. The van der Waals surface area contributed by atoms with Crippen molar-refractivity contribution in [1.82, 2.24) is 5.32 Å². The number of carbonyl (C=O) groups excluding carboxylic acids is 1. The van der Waals surface area contributed by atoms with Crippen LogP contribution < -0.4 is 10.2 Å². The first kappa shape index (κ1) is 19.3. The lowest BCUT2D eigenvalue weighted by Gasteiger charge is -2.43. The summed E-state index contributed by atoms with van der Waals surface area (Å²) in [6.07, 6.45) is 2.20. The Hall–Kier alpha value is -2.46. The normalized spacial score (nSPS) is 15.0. The number of anilines is 1. The fraction of sp³-hybridized carbons (Fsp3) is 0.304. The molecule has 4 heteroatoms. The molecule has 2 aromatic rings. The van der Waals surface area contributed by atoms with Crippen molar-refractivity contribution in [3.8, 4) is 0 Å². The number of rotatable bonds is 1. The van der Waals surface area contributed by atoms with E-state index < -0.39 is 0 Å². The number of nitrogens with zero attached hydrogens (tertiary/aromatic N) is 1. The van der Waals surface area contributed by atoms with Crippen LogP contribution in [0.25, 0.3) is 5.57 Å². The molecule has 0 fully saturated rings. The van der Waals surface area contributed by atoms with Crippen molar-refractivity contribution in [2.45, 2.75) is 47.1 Å². The molecule has 1 aliphatic heterocycles. The number of allylic oxidation sites excluding steroid dienone is 1. The van der Waals surface area contributed by atoms with Gasteiger partial charge in [0.25, 0.3) is 5.91 Å². The molecule has 3 nitrogen and oxygen atoms in total.